The summed E-state index contributed by atoms with van der Waals surface area (Å²) in [5, 5.41) is -0.503. The Morgan fingerprint density at radius 3 is 2.59 bits per heavy atom. The molecule has 1 atom stereocenters. The number of hydrogen-bond acceptors (Lipinski definition) is 3. The SMILES string of the molecule is Cc1cc(Cl)cc2c1N(S(=O)(=O)C(C)C(=O)N(C)C)CCC2. The van der Waals surface area contributed by atoms with Crippen LogP contribution in [0.3, 0.4) is 0 Å². The Morgan fingerprint density at radius 2 is 2.00 bits per heavy atom. The van der Waals surface area contributed by atoms with Crippen LogP contribution in [0, 0.1) is 6.92 Å². The number of carbonyl (C=O) groups excluding carboxylic acids is 1. The van der Waals surface area contributed by atoms with Crippen LogP contribution in [0.5, 0.6) is 0 Å². The van der Waals surface area contributed by atoms with Crippen LogP contribution in [-0.4, -0.2) is 45.1 Å². The number of sulfonamides is 1. The van der Waals surface area contributed by atoms with Gasteiger partial charge in [-0.05, 0) is 49.9 Å². The summed E-state index contributed by atoms with van der Waals surface area (Å²) in [6.45, 7) is 3.68. The van der Waals surface area contributed by atoms with Crippen molar-refractivity contribution in [3.05, 3.63) is 28.3 Å². The van der Waals surface area contributed by atoms with Crippen LogP contribution in [0.4, 0.5) is 5.69 Å². The third-order valence-corrected chi connectivity index (χ3v) is 6.24. The van der Waals surface area contributed by atoms with Crippen LogP contribution >= 0.6 is 11.6 Å². The van der Waals surface area contributed by atoms with E-state index >= 15 is 0 Å². The Balaban J connectivity index is 2.50. The fourth-order valence-corrected chi connectivity index (χ4v) is 4.86. The van der Waals surface area contributed by atoms with E-state index in [0.29, 0.717) is 17.3 Å². The maximum absolute atomic E-state index is 12.9. The van der Waals surface area contributed by atoms with Crippen LogP contribution in [0.25, 0.3) is 0 Å². The third-order valence-electron chi connectivity index (χ3n) is 3.94. The number of aryl methyl sites for hydroxylation is 2. The highest BCUT2D eigenvalue weighted by atomic mass is 35.5. The summed E-state index contributed by atoms with van der Waals surface area (Å²) in [5.41, 5.74) is 2.41. The number of carbonyl (C=O) groups is 1. The first kappa shape index (κ1) is 17.1. The molecule has 5 nitrogen and oxygen atoms in total. The van der Waals surface area contributed by atoms with Gasteiger partial charge >= 0.3 is 0 Å². The van der Waals surface area contributed by atoms with Crippen molar-refractivity contribution in [3.8, 4) is 0 Å². The van der Waals surface area contributed by atoms with Crippen molar-refractivity contribution in [2.45, 2.75) is 31.9 Å². The van der Waals surface area contributed by atoms with Gasteiger partial charge in [-0.1, -0.05) is 11.6 Å². The van der Waals surface area contributed by atoms with Gasteiger partial charge < -0.3 is 4.90 Å². The second-order valence-corrected chi connectivity index (χ2v) is 8.44. The summed E-state index contributed by atoms with van der Waals surface area (Å²) in [7, 11) is -0.638. The molecule has 1 aliphatic rings. The molecule has 2 rings (SSSR count). The molecule has 0 bridgehead atoms. The topological polar surface area (TPSA) is 57.7 Å². The van der Waals surface area contributed by atoms with Crippen molar-refractivity contribution in [1.29, 1.82) is 0 Å². The van der Waals surface area contributed by atoms with E-state index in [4.69, 9.17) is 11.6 Å². The van der Waals surface area contributed by atoms with Crippen LogP contribution in [-0.2, 0) is 21.2 Å². The van der Waals surface area contributed by atoms with Gasteiger partial charge in [0.05, 0.1) is 5.69 Å². The van der Waals surface area contributed by atoms with Gasteiger partial charge in [0.25, 0.3) is 0 Å². The highest BCUT2D eigenvalue weighted by molar-refractivity contribution is 7.94. The predicted molar refractivity (Wildman–Crippen MR) is 88.9 cm³/mol. The number of nitrogens with zero attached hydrogens (tertiary/aromatic N) is 2. The normalized spacial score (nSPS) is 16.1. The number of rotatable bonds is 3. The van der Waals surface area contributed by atoms with E-state index in [2.05, 4.69) is 0 Å². The van der Waals surface area contributed by atoms with Crippen molar-refractivity contribution >= 4 is 33.2 Å². The van der Waals surface area contributed by atoms with Gasteiger partial charge in [-0.25, -0.2) is 8.42 Å². The quantitative estimate of drug-likeness (QED) is 0.844. The Hall–Kier alpha value is -1.27. The lowest BCUT2D eigenvalue weighted by molar-refractivity contribution is -0.127. The van der Waals surface area contributed by atoms with Gasteiger partial charge in [-0.15, -0.1) is 0 Å². The Bertz CT molecular complexity index is 701. The van der Waals surface area contributed by atoms with Gasteiger partial charge in [0.2, 0.25) is 15.9 Å². The first-order valence-corrected chi connectivity index (χ1v) is 9.06. The average Bonchev–Trinajstić information content (AvgIpc) is 2.44. The van der Waals surface area contributed by atoms with E-state index in [1.54, 1.807) is 20.2 Å². The molecule has 1 amide bonds. The third kappa shape index (κ3) is 2.94. The minimum Gasteiger partial charge on any atom is -0.348 e. The van der Waals surface area contributed by atoms with Gasteiger partial charge in [0, 0.05) is 25.7 Å². The molecular formula is C15H21ClN2O3S. The number of benzene rings is 1. The maximum Gasteiger partial charge on any atom is 0.246 e. The minimum atomic E-state index is -3.76. The summed E-state index contributed by atoms with van der Waals surface area (Å²) in [4.78, 5) is 13.4. The Labute approximate surface area is 136 Å². The van der Waals surface area contributed by atoms with Gasteiger partial charge in [0.15, 0.2) is 5.25 Å². The zero-order valence-corrected chi connectivity index (χ0v) is 14.8. The number of fused-ring (bicyclic) bond motifs is 1. The second kappa shape index (κ2) is 6.08. The van der Waals surface area contributed by atoms with Gasteiger partial charge in [0.1, 0.15) is 0 Å². The zero-order valence-electron chi connectivity index (χ0n) is 13.3. The molecule has 122 valence electrons. The first-order chi connectivity index (χ1) is 10.2. The monoisotopic (exact) mass is 344 g/mol. The summed E-state index contributed by atoms with van der Waals surface area (Å²) < 4.78 is 27.1. The molecule has 1 heterocycles. The lowest BCUT2D eigenvalue weighted by Gasteiger charge is -2.34. The predicted octanol–water partition coefficient (Wildman–Crippen LogP) is 2.21. The second-order valence-electron chi connectivity index (χ2n) is 5.83. The molecule has 1 aromatic carbocycles. The van der Waals surface area contributed by atoms with E-state index in [0.717, 1.165) is 24.0 Å². The number of anilines is 1. The van der Waals surface area contributed by atoms with E-state index in [-0.39, 0.29) is 0 Å². The summed E-state index contributed by atoms with van der Waals surface area (Å²) >= 11 is 6.07. The van der Waals surface area contributed by atoms with Crippen LogP contribution in [0.2, 0.25) is 5.02 Å². The van der Waals surface area contributed by atoms with Crippen LogP contribution in [0.15, 0.2) is 12.1 Å². The lowest BCUT2D eigenvalue weighted by atomic mass is 10.0. The molecule has 0 spiro atoms. The summed E-state index contributed by atoms with van der Waals surface area (Å²) in [6, 6.07) is 3.57. The molecule has 7 heteroatoms. The van der Waals surface area contributed by atoms with E-state index in [9.17, 15) is 13.2 Å². The van der Waals surface area contributed by atoms with E-state index < -0.39 is 21.2 Å². The minimum absolute atomic E-state index is 0.392. The van der Waals surface area contributed by atoms with Gasteiger partial charge in [-0.2, -0.15) is 0 Å². The number of amides is 1. The van der Waals surface area contributed by atoms with Crippen LogP contribution in [0.1, 0.15) is 24.5 Å². The smallest absolute Gasteiger partial charge is 0.246 e. The van der Waals surface area contributed by atoms with Crippen molar-refractivity contribution in [3.63, 3.8) is 0 Å². The molecule has 0 saturated carbocycles. The van der Waals surface area contributed by atoms with Crippen molar-refractivity contribution < 1.29 is 13.2 Å². The Kier molecular flexibility index (Phi) is 4.73. The number of hydrogen-bond donors (Lipinski definition) is 0. The molecule has 22 heavy (non-hydrogen) atoms. The molecule has 0 aliphatic carbocycles. The standard InChI is InChI=1S/C15H21ClN2O3S/c1-10-8-13(16)9-12-6-5-7-18(14(10)12)22(20,21)11(2)15(19)17(3)4/h8-9,11H,5-7H2,1-4H3. The fraction of sp³-hybridized carbons (Fsp3) is 0.533. The van der Waals surface area contributed by atoms with Crippen molar-refractivity contribution in [2.75, 3.05) is 24.9 Å². The first-order valence-electron chi connectivity index (χ1n) is 7.18. The zero-order chi connectivity index (χ0) is 16.7. The highest BCUT2D eigenvalue weighted by Gasteiger charge is 2.37. The molecular weight excluding hydrogens is 324 g/mol. The molecule has 0 N–H and O–H groups in total. The van der Waals surface area contributed by atoms with E-state index in [1.165, 1.54) is 16.1 Å². The molecule has 1 unspecified atom stereocenters. The van der Waals surface area contributed by atoms with Gasteiger partial charge in [-0.3, -0.25) is 9.10 Å². The van der Waals surface area contributed by atoms with Crippen molar-refractivity contribution in [2.24, 2.45) is 0 Å². The maximum atomic E-state index is 12.9. The van der Waals surface area contributed by atoms with E-state index in [1.807, 2.05) is 13.0 Å². The fourth-order valence-electron chi connectivity index (χ4n) is 2.81. The molecule has 0 saturated heterocycles. The summed E-state index contributed by atoms with van der Waals surface area (Å²) in [6.07, 6.45) is 1.51. The molecule has 0 aromatic heterocycles. The highest BCUT2D eigenvalue weighted by Crippen LogP contribution is 2.36. The largest absolute Gasteiger partial charge is 0.348 e. The summed E-state index contributed by atoms with van der Waals surface area (Å²) in [5.74, 6) is -0.418. The number of halogens is 1. The lowest BCUT2D eigenvalue weighted by Crippen LogP contribution is -2.47. The molecule has 1 aliphatic heterocycles. The molecule has 0 fully saturated rings. The average molecular weight is 345 g/mol. The molecule has 1 aromatic rings. The van der Waals surface area contributed by atoms with Crippen molar-refractivity contribution in [1.82, 2.24) is 4.90 Å². The Morgan fingerprint density at radius 1 is 1.36 bits per heavy atom. The van der Waals surface area contributed by atoms with Crippen LogP contribution < -0.4 is 4.31 Å². The molecule has 0 radical (unpaired) electrons.